The number of rotatable bonds is 6. The predicted octanol–water partition coefficient (Wildman–Crippen LogP) is 2.58. The number of nitrogens with zero attached hydrogens (tertiary/aromatic N) is 1. The van der Waals surface area contributed by atoms with Gasteiger partial charge in [0, 0.05) is 25.0 Å². The van der Waals surface area contributed by atoms with Crippen LogP contribution in [0.3, 0.4) is 0 Å². The standard InChI is InChI=1S/C17H23N3O.ClH/c21-17(7-6-16-5-3-10-19-14-16)20-11-2-1-4-15-8-12-18-13-9-15;/h1-3,5-7,10,14-15,18H,4,8-9,11-13H2,(H,20,21);1H/b2-1+,7-6+;. The zero-order valence-corrected chi connectivity index (χ0v) is 13.5. The van der Waals surface area contributed by atoms with Gasteiger partial charge in [0.2, 0.25) is 5.91 Å². The molecule has 1 aromatic rings. The van der Waals surface area contributed by atoms with E-state index in [0.717, 1.165) is 31.0 Å². The summed E-state index contributed by atoms with van der Waals surface area (Å²) in [7, 11) is 0. The molecule has 1 aliphatic rings. The van der Waals surface area contributed by atoms with Crippen molar-refractivity contribution in [2.75, 3.05) is 19.6 Å². The van der Waals surface area contributed by atoms with Crippen LogP contribution in [0, 0.1) is 5.92 Å². The normalized spacial score (nSPS) is 15.8. The Morgan fingerprint density at radius 3 is 2.91 bits per heavy atom. The van der Waals surface area contributed by atoms with E-state index < -0.39 is 0 Å². The van der Waals surface area contributed by atoms with E-state index in [0.29, 0.717) is 6.54 Å². The van der Waals surface area contributed by atoms with E-state index in [9.17, 15) is 4.79 Å². The molecule has 0 aromatic carbocycles. The van der Waals surface area contributed by atoms with Crippen LogP contribution >= 0.6 is 12.4 Å². The van der Waals surface area contributed by atoms with Crippen molar-refractivity contribution in [3.05, 3.63) is 48.3 Å². The highest BCUT2D eigenvalue weighted by Crippen LogP contribution is 2.15. The lowest BCUT2D eigenvalue weighted by Gasteiger charge is -2.20. The molecule has 2 rings (SSSR count). The maximum atomic E-state index is 11.6. The van der Waals surface area contributed by atoms with Crippen LogP contribution in [-0.2, 0) is 4.79 Å². The molecule has 1 fully saturated rings. The highest BCUT2D eigenvalue weighted by atomic mass is 35.5. The molecule has 2 heterocycles. The van der Waals surface area contributed by atoms with Gasteiger partial charge in [0.1, 0.15) is 0 Å². The van der Waals surface area contributed by atoms with Gasteiger partial charge in [0.25, 0.3) is 0 Å². The largest absolute Gasteiger partial charge is 0.349 e. The van der Waals surface area contributed by atoms with Gasteiger partial charge in [-0.15, -0.1) is 12.4 Å². The topological polar surface area (TPSA) is 54.0 Å². The summed E-state index contributed by atoms with van der Waals surface area (Å²) in [6.07, 6.45) is 14.6. The Morgan fingerprint density at radius 2 is 2.18 bits per heavy atom. The van der Waals surface area contributed by atoms with Gasteiger partial charge in [-0.2, -0.15) is 0 Å². The maximum absolute atomic E-state index is 11.6. The molecule has 120 valence electrons. The molecule has 0 bridgehead atoms. The first-order chi connectivity index (χ1) is 10.3. The maximum Gasteiger partial charge on any atom is 0.244 e. The summed E-state index contributed by atoms with van der Waals surface area (Å²) in [5.74, 6) is 0.717. The summed E-state index contributed by atoms with van der Waals surface area (Å²) in [4.78, 5) is 15.6. The van der Waals surface area contributed by atoms with Crippen molar-refractivity contribution in [1.82, 2.24) is 15.6 Å². The average Bonchev–Trinajstić information content (AvgIpc) is 2.54. The summed E-state index contributed by atoms with van der Waals surface area (Å²) in [6, 6.07) is 3.76. The Labute approximate surface area is 138 Å². The number of hydrogen-bond acceptors (Lipinski definition) is 3. The van der Waals surface area contributed by atoms with E-state index in [-0.39, 0.29) is 18.3 Å². The summed E-state index contributed by atoms with van der Waals surface area (Å²) in [5, 5.41) is 6.21. The summed E-state index contributed by atoms with van der Waals surface area (Å²) >= 11 is 0. The van der Waals surface area contributed by atoms with Crippen molar-refractivity contribution >= 4 is 24.4 Å². The number of carbonyl (C=O) groups excluding carboxylic acids is 1. The minimum Gasteiger partial charge on any atom is -0.349 e. The third-order valence-corrected chi connectivity index (χ3v) is 3.60. The van der Waals surface area contributed by atoms with Crippen LogP contribution < -0.4 is 10.6 Å². The number of hydrogen-bond donors (Lipinski definition) is 2. The van der Waals surface area contributed by atoms with E-state index >= 15 is 0 Å². The van der Waals surface area contributed by atoms with Gasteiger partial charge in [0.15, 0.2) is 0 Å². The number of halogens is 1. The number of piperidine rings is 1. The van der Waals surface area contributed by atoms with Crippen LogP contribution in [0.15, 0.2) is 42.8 Å². The number of nitrogens with one attached hydrogen (secondary N) is 2. The molecule has 4 nitrogen and oxygen atoms in total. The first-order valence-electron chi connectivity index (χ1n) is 7.56. The molecule has 1 amide bonds. The molecule has 1 aliphatic heterocycles. The number of carbonyl (C=O) groups is 1. The molecule has 2 N–H and O–H groups in total. The molecule has 0 radical (unpaired) electrons. The van der Waals surface area contributed by atoms with Crippen LogP contribution in [-0.4, -0.2) is 30.5 Å². The molecule has 0 atom stereocenters. The van der Waals surface area contributed by atoms with Gasteiger partial charge < -0.3 is 10.6 Å². The Hall–Kier alpha value is -1.65. The molecule has 1 saturated heterocycles. The van der Waals surface area contributed by atoms with Crippen molar-refractivity contribution in [1.29, 1.82) is 0 Å². The van der Waals surface area contributed by atoms with Gasteiger partial charge in [-0.3, -0.25) is 9.78 Å². The lowest BCUT2D eigenvalue weighted by molar-refractivity contribution is -0.116. The van der Waals surface area contributed by atoms with E-state index in [2.05, 4.69) is 21.7 Å². The van der Waals surface area contributed by atoms with E-state index in [1.54, 1.807) is 18.5 Å². The lowest BCUT2D eigenvalue weighted by atomic mass is 9.94. The molecular weight excluding hydrogens is 298 g/mol. The fourth-order valence-corrected chi connectivity index (χ4v) is 2.35. The monoisotopic (exact) mass is 321 g/mol. The Kier molecular flexibility index (Phi) is 9.19. The fourth-order valence-electron chi connectivity index (χ4n) is 2.35. The van der Waals surface area contributed by atoms with E-state index in [1.165, 1.54) is 18.9 Å². The quantitative estimate of drug-likeness (QED) is 0.625. The van der Waals surface area contributed by atoms with Crippen molar-refractivity contribution in [3.8, 4) is 0 Å². The Bertz CT molecular complexity index is 482. The fraction of sp³-hybridized carbons (Fsp3) is 0.412. The molecular formula is C17H24ClN3O. The number of allylic oxidation sites excluding steroid dienone is 1. The van der Waals surface area contributed by atoms with Gasteiger partial charge in [-0.25, -0.2) is 0 Å². The lowest BCUT2D eigenvalue weighted by Crippen LogP contribution is -2.27. The van der Waals surface area contributed by atoms with Crippen LogP contribution in [0.25, 0.3) is 6.08 Å². The Morgan fingerprint density at radius 1 is 1.36 bits per heavy atom. The second-order valence-corrected chi connectivity index (χ2v) is 5.27. The van der Waals surface area contributed by atoms with Crippen molar-refractivity contribution < 1.29 is 4.79 Å². The number of aromatic nitrogens is 1. The first kappa shape index (κ1) is 18.4. The molecule has 22 heavy (non-hydrogen) atoms. The Balaban J connectivity index is 0.00000242. The summed E-state index contributed by atoms with van der Waals surface area (Å²) in [5.41, 5.74) is 0.925. The molecule has 1 aromatic heterocycles. The average molecular weight is 322 g/mol. The number of amides is 1. The molecule has 0 saturated carbocycles. The molecule has 5 heteroatoms. The zero-order chi connectivity index (χ0) is 14.8. The van der Waals surface area contributed by atoms with Crippen LogP contribution in [0.2, 0.25) is 0 Å². The first-order valence-corrected chi connectivity index (χ1v) is 7.56. The van der Waals surface area contributed by atoms with Gasteiger partial charge >= 0.3 is 0 Å². The molecule has 0 aliphatic carbocycles. The summed E-state index contributed by atoms with van der Waals surface area (Å²) in [6.45, 7) is 2.85. The van der Waals surface area contributed by atoms with Crippen molar-refractivity contribution in [3.63, 3.8) is 0 Å². The highest BCUT2D eigenvalue weighted by Gasteiger charge is 2.10. The van der Waals surface area contributed by atoms with E-state index in [1.807, 2.05) is 18.2 Å². The SMILES string of the molecule is Cl.O=C(/C=C/c1cccnc1)NC/C=C/CC1CCNCC1. The minimum absolute atomic E-state index is 0. The second-order valence-electron chi connectivity index (χ2n) is 5.27. The van der Waals surface area contributed by atoms with Gasteiger partial charge in [-0.05, 0) is 56.0 Å². The van der Waals surface area contributed by atoms with Gasteiger partial charge in [0.05, 0.1) is 0 Å². The van der Waals surface area contributed by atoms with Crippen LogP contribution in [0.5, 0.6) is 0 Å². The van der Waals surface area contributed by atoms with Crippen molar-refractivity contribution in [2.45, 2.75) is 19.3 Å². The highest BCUT2D eigenvalue weighted by molar-refractivity contribution is 5.91. The third kappa shape index (κ3) is 7.38. The third-order valence-electron chi connectivity index (χ3n) is 3.60. The molecule has 0 unspecified atom stereocenters. The smallest absolute Gasteiger partial charge is 0.244 e. The van der Waals surface area contributed by atoms with Gasteiger partial charge in [-0.1, -0.05) is 18.2 Å². The minimum atomic E-state index is -0.0784. The number of pyridine rings is 1. The zero-order valence-electron chi connectivity index (χ0n) is 12.7. The second kappa shape index (κ2) is 11.0. The molecule has 0 spiro atoms. The van der Waals surface area contributed by atoms with Crippen LogP contribution in [0.4, 0.5) is 0 Å². The van der Waals surface area contributed by atoms with E-state index in [4.69, 9.17) is 0 Å². The van der Waals surface area contributed by atoms with Crippen LogP contribution in [0.1, 0.15) is 24.8 Å². The summed E-state index contributed by atoms with van der Waals surface area (Å²) < 4.78 is 0. The van der Waals surface area contributed by atoms with Crippen molar-refractivity contribution in [2.24, 2.45) is 5.92 Å². The predicted molar refractivity (Wildman–Crippen MR) is 92.9 cm³/mol.